The third kappa shape index (κ3) is 3.94. The molecule has 2 fully saturated rings. The number of nitriles is 1. The zero-order valence-electron chi connectivity index (χ0n) is 16.9. The Kier molecular flexibility index (Phi) is 5.79. The van der Waals surface area contributed by atoms with Gasteiger partial charge in [0.15, 0.2) is 0 Å². The summed E-state index contributed by atoms with van der Waals surface area (Å²) in [5.41, 5.74) is 2.91. The maximum atomic E-state index is 12.0. The normalized spacial score (nSPS) is 24.8. The predicted octanol–water partition coefficient (Wildman–Crippen LogP) is 6.32. The molecule has 1 saturated heterocycles. The highest BCUT2D eigenvalue weighted by atomic mass is 35.5. The van der Waals surface area contributed by atoms with Gasteiger partial charge in [-0.05, 0) is 84.4 Å². The maximum Gasteiger partial charge on any atom is 0.219 e. The van der Waals surface area contributed by atoms with Crippen molar-refractivity contribution in [2.45, 2.75) is 39.0 Å². The van der Waals surface area contributed by atoms with Crippen LogP contribution in [0.25, 0.3) is 0 Å². The fourth-order valence-electron chi connectivity index (χ4n) is 5.25. The van der Waals surface area contributed by atoms with E-state index in [1.54, 1.807) is 13.0 Å². The van der Waals surface area contributed by atoms with E-state index in [9.17, 15) is 4.79 Å². The van der Waals surface area contributed by atoms with Gasteiger partial charge in [0, 0.05) is 30.1 Å². The van der Waals surface area contributed by atoms with Crippen molar-refractivity contribution in [2.24, 2.45) is 10.8 Å². The zero-order valence-corrected chi connectivity index (χ0v) is 19.1. The number of rotatable bonds is 5. The van der Waals surface area contributed by atoms with Gasteiger partial charge in [-0.2, -0.15) is 5.26 Å². The van der Waals surface area contributed by atoms with Crippen LogP contribution in [0.15, 0.2) is 36.4 Å². The van der Waals surface area contributed by atoms with Gasteiger partial charge in [0.2, 0.25) is 5.91 Å². The minimum atomic E-state index is 0.0753. The van der Waals surface area contributed by atoms with Gasteiger partial charge < -0.3 is 4.90 Å². The molecule has 1 heterocycles. The fraction of sp³-hybridized carbons (Fsp3) is 0.417. The molecule has 30 heavy (non-hydrogen) atoms. The van der Waals surface area contributed by atoms with Crippen molar-refractivity contribution < 1.29 is 4.79 Å². The lowest BCUT2D eigenvalue weighted by molar-refractivity contribution is -0.128. The first-order chi connectivity index (χ1) is 14.3. The van der Waals surface area contributed by atoms with Crippen molar-refractivity contribution >= 4 is 40.7 Å². The van der Waals surface area contributed by atoms with Gasteiger partial charge in [-0.1, -0.05) is 40.9 Å². The first kappa shape index (κ1) is 21.5. The molecule has 2 aromatic carbocycles. The second-order valence-electron chi connectivity index (χ2n) is 8.77. The van der Waals surface area contributed by atoms with Crippen molar-refractivity contribution in [3.63, 3.8) is 0 Å². The topological polar surface area (TPSA) is 44.1 Å². The van der Waals surface area contributed by atoms with Crippen LogP contribution in [0, 0.1) is 22.2 Å². The largest absolute Gasteiger partial charge is 0.342 e. The lowest BCUT2D eigenvalue weighted by Crippen LogP contribution is -2.28. The summed E-state index contributed by atoms with van der Waals surface area (Å²) >= 11 is 19.0. The van der Waals surface area contributed by atoms with Gasteiger partial charge in [0.05, 0.1) is 10.6 Å². The molecule has 1 spiro atoms. The number of aryl methyl sites for hydroxylation is 1. The molecule has 0 unspecified atom stereocenters. The molecule has 0 aromatic heterocycles. The lowest BCUT2D eigenvalue weighted by atomic mass is 9.81. The molecule has 156 valence electrons. The highest BCUT2D eigenvalue weighted by Crippen LogP contribution is 2.71. The van der Waals surface area contributed by atoms with Crippen molar-refractivity contribution in [3.8, 4) is 6.07 Å². The molecule has 1 saturated carbocycles. The van der Waals surface area contributed by atoms with Gasteiger partial charge in [-0.3, -0.25) is 4.79 Å². The van der Waals surface area contributed by atoms with Crippen LogP contribution in [0.5, 0.6) is 0 Å². The standard InChI is InChI=1S/C24H23Cl3N2O/c1-16(30)29-9-8-24(15-29)14-23(24,12-19-11-20(25)4-5-21(19)26)7-6-17-2-3-18(13-28)22(27)10-17/h2-5,10-11H,6-9,12,14-15H2,1H3/t23-,24+/m1/s1. The predicted molar refractivity (Wildman–Crippen MR) is 121 cm³/mol. The number of hydrogen-bond acceptors (Lipinski definition) is 2. The van der Waals surface area contributed by atoms with Crippen LogP contribution in [0.2, 0.25) is 15.1 Å². The van der Waals surface area contributed by atoms with Crippen LogP contribution in [0.1, 0.15) is 42.9 Å². The summed E-state index contributed by atoms with van der Waals surface area (Å²) in [4.78, 5) is 13.9. The number of nitrogens with zero attached hydrogens (tertiary/aromatic N) is 2. The van der Waals surface area contributed by atoms with Gasteiger partial charge in [-0.25, -0.2) is 0 Å². The van der Waals surface area contributed by atoms with Crippen molar-refractivity contribution in [2.75, 3.05) is 13.1 Å². The summed E-state index contributed by atoms with van der Waals surface area (Å²) in [6, 6.07) is 13.4. The summed E-state index contributed by atoms with van der Waals surface area (Å²) in [7, 11) is 0. The molecule has 4 rings (SSSR count). The number of carbonyl (C=O) groups is 1. The molecule has 2 atom stereocenters. The molecular formula is C24H23Cl3N2O. The molecule has 6 heteroatoms. The van der Waals surface area contributed by atoms with E-state index in [1.807, 2.05) is 35.2 Å². The molecule has 1 amide bonds. The first-order valence-electron chi connectivity index (χ1n) is 10.2. The molecule has 2 aromatic rings. The molecule has 0 bridgehead atoms. The lowest BCUT2D eigenvalue weighted by Gasteiger charge is -2.24. The number of benzene rings is 2. The Labute approximate surface area is 192 Å². The minimum absolute atomic E-state index is 0.0753. The van der Waals surface area contributed by atoms with Crippen LogP contribution in [0.4, 0.5) is 0 Å². The minimum Gasteiger partial charge on any atom is -0.342 e. The van der Waals surface area contributed by atoms with Crippen LogP contribution < -0.4 is 0 Å². The number of halogens is 3. The third-order valence-corrected chi connectivity index (χ3v) is 7.98. The number of amides is 1. The van der Waals surface area contributed by atoms with Gasteiger partial charge >= 0.3 is 0 Å². The van der Waals surface area contributed by atoms with Crippen LogP contribution in [0.3, 0.4) is 0 Å². The van der Waals surface area contributed by atoms with E-state index in [1.165, 1.54) is 0 Å². The first-order valence-corrected chi connectivity index (χ1v) is 11.3. The molecule has 0 N–H and O–H groups in total. The van der Waals surface area contributed by atoms with E-state index in [-0.39, 0.29) is 16.7 Å². The number of likely N-dealkylation sites (tertiary alicyclic amines) is 1. The Bertz CT molecular complexity index is 1050. The van der Waals surface area contributed by atoms with Crippen LogP contribution in [-0.4, -0.2) is 23.9 Å². The molecule has 3 nitrogen and oxygen atoms in total. The number of hydrogen-bond donors (Lipinski definition) is 0. The quantitative estimate of drug-likeness (QED) is 0.523. The average molecular weight is 462 g/mol. The highest BCUT2D eigenvalue weighted by Gasteiger charge is 2.68. The van der Waals surface area contributed by atoms with Crippen LogP contribution >= 0.6 is 34.8 Å². The summed E-state index contributed by atoms with van der Waals surface area (Å²) < 4.78 is 0. The van der Waals surface area contributed by atoms with E-state index < -0.39 is 0 Å². The smallest absolute Gasteiger partial charge is 0.219 e. The van der Waals surface area contributed by atoms with Gasteiger partial charge in [-0.15, -0.1) is 0 Å². The Morgan fingerprint density at radius 2 is 1.97 bits per heavy atom. The van der Waals surface area contributed by atoms with E-state index in [0.29, 0.717) is 15.6 Å². The molecule has 2 aliphatic rings. The zero-order chi connectivity index (χ0) is 21.5. The SMILES string of the molecule is CC(=O)N1CC[C@@]2(C1)C[C@@]2(CCc1ccc(C#N)c(Cl)c1)Cc1cc(Cl)ccc1Cl. The Morgan fingerprint density at radius 1 is 1.17 bits per heavy atom. The average Bonchev–Trinajstić information content (AvgIpc) is 3.07. The number of carbonyl (C=O) groups excluding carboxylic acids is 1. The molecule has 1 aliphatic carbocycles. The fourth-order valence-corrected chi connectivity index (χ4v) is 5.87. The van der Waals surface area contributed by atoms with Crippen LogP contribution in [-0.2, 0) is 17.6 Å². The summed E-state index contributed by atoms with van der Waals surface area (Å²) in [6.45, 7) is 3.29. The van der Waals surface area contributed by atoms with Gasteiger partial charge in [0.25, 0.3) is 0 Å². The van der Waals surface area contributed by atoms with Crippen molar-refractivity contribution in [3.05, 3.63) is 68.2 Å². The van der Waals surface area contributed by atoms with E-state index in [4.69, 9.17) is 40.1 Å². The van der Waals surface area contributed by atoms with Crippen molar-refractivity contribution in [1.29, 1.82) is 5.26 Å². The molecule has 1 aliphatic heterocycles. The van der Waals surface area contributed by atoms with E-state index >= 15 is 0 Å². The summed E-state index contributed by atoms with van der Waals surface area (Å²) in [6.07, 6.45) is 4.80. The summed E-state index contributed by atoms with van der Waals surface area (Å²) in [5.74, 6) is 0.146. The Hall–Kier alpha value is -1.73. The van der Waals surface area contributed by atoms with E-state index in [0.717, 1.165) is 61.3 Å². The van der Waals surface area contributed by atoms with Gasteiger partial charge in [0.1, 0.15) is 6.07 Å². The third-order valence-electron chi connectivity index (χ3n) is 7.06. The Morgan fingerprint density at radius 3 is 2.63 bits per heavy atom. The highest BCUT2D eigenvalue weighted by molar-refractivity contribution is 6.33. The second-order valence-corrected chi connectivity index (χ2v) is 10.0. The molecule has 0 radical (unpaired) electrons. The molecular weight excluding hydrogens is 439 g/mol. The monoisotopic (exact) mass is 460 g/mol. The van der Waals surface area contributed by atoms with Crippen molar-refractivity contribution in [1.82, 2.24) is 4.90 Å². The summed E-state index contributed by atoms with van der Waals surface area (Å²) in [5, 5.41) is 11.0. The maximum absolute atomic E-state index is 12.0. The van der Waals surface area contributed by atoms with E-state index in [2.05, 4.69) is 6.07 Å². The Balaban J connectivity index is 1.59. The second kappa shape index (κ2) is 8.08.